The van der Waals surface area contributed by atoms with Gasteiger partial charge in [-0.05, 0) is 33.1 Å². The van der Waals surface area contributed by atoms with Crippen LogP contribution in [0, 0.1) is 0 Å². The number of aryl methyl sites for hydroxylation is 1. The lowest BCUT2D eigenvalue weighted by atomic mass is 9.89. The van der Waals surface area contributed by atoms with Crippen LogP contribution in [-0.2, 0) is 12.1 Å². The van der Waals surface area contributed by atoms with Crippen molar-refractivity contribution in [3.05, 3.63) is 29.8 Å². The molecule has 0 aliphatic carbocycles. The number of amides is 1. The Morgan fingerprint density at radius 3 is 2.88 bits per heavy atom. The van der Waals surface area contributed by atoms with Crippen LogP contribution in [0.5, 0.6) is 0 Å². The second-order valence-corrected chi connectivity index (χ2v) is 7.03. The van der Waals surface area contributed by atoms with Gasteiger partial charge in [-0.3, -0.25) is 9.48 Å². The van der Waals surface area contributed by atoms with Crippen LogP contribution < -0.4 is 0 Å². The Kier molecular flexibility index (Phi) is 4.89. The van der Waals surface area contributed by atoms with E-state index in [1.807, 2.05) is 13.8 Å². The summed E-state index contributed by atoms with van der Waals surface area (Å²) >= 11 is 0. The third kappa shape index (κ3) is 3.58. The molecule has 2 aromatic heterocycles. The van der Waals surface area contributed by atoms with Gasteiger partial charge in [-0.15, -0.1) is 5.10 Å². The molecule has 1 atom stereocenters. The summed E-state index contributed by atoms with van der Waals surface area (Å²) in [5.74, 6) is -0.100. The molecule has 25 heavy (non-hydrogen) atoms. The minimum atomic E-state index is -1.15. The zero-order valence-corrected chi connectivity index (χ0v) is 15.1. The molecule has 1 amide bonds. The number of aliphatic hydroxyl groups is 1. The summed E-state index contributed by atoms with van der Waals surface area (Å²) in [7, 11) is 0. The van der Waals surface area contributed by atoms with E-state index in [2.05, 4.69) is 22.3 Å². The molecule has 1 saturated heterocycles. The fraction of sp³-hybridized carbons (Fsp3) is 0.647. The Balaban J connectivity index is 1.75. The summed E-state index contributed by atoms with van der Waals surface area (Å²) in [5.41, 5.74) is -0.0654. The fourth-order valence-electron chi connectivity index (χ4n) is 3.17. The quantitative estimate of drug-likeness (QED) is 0.888. The molecule has 1 aliphatic rings. The lowest BCUT2D eigenvalue weighted by Crippen LogP contribution is -2.48. The van der Waals surface area contributed by atoms with Gasteiger partial charge < -0.3 is 10.0 Å². The van der Waals surface area contributed by atoms with E-state index in [0.29, 0.717) is 24.2 Å². The molecule has 1 fully saturated rings. The predicted octanol–water partition coefficient (Wildman–Crippen LogP) is 1.59. The number of β-amino-alcohol motifs (C(OH)–C–C–N with tert-alkyl or cyclic N) is 1. The summed E-state index contributed by atoms with van der Waals surface area (Å²) in [5, 5.41) is 23.5. The highest BCUT2D eigenvalue weighted by atomic mass is 16.3. The second-order valence-electron chi connectivity index (χ2n) is 7.03. The van der Waals surface area contributed by atoms with Crippen LogP contribution >= 0.6 is 0 Å². The van der Waals surface area contributed by atoms with Crippen molar-refractivity contribution in [1.82, 2.24) is 29.7 Å². The molecule has 2 aromatic rings. The molecule has 8 nitrogen and oxygen atoms in total. The maximum absolute atomic E-state index is 12.8. The van der Waals surface area contributed by atoms with E-state index in [1.165, 1.54) is 0 Å². The van der Waals surface area contributed by atoms with Crippen molar-refractivity contribution in [2.45, 2.75) is 58.2 Å². The van der Waals surface area contributed by atoms with E-state index in [1.54, 1.807) is 32.9 Å². The zero-order valence-electron chi connectivity index (χ0n) is 15.1. The minimum absolute atomic E-state index is 0.100. The summed E-state index contributed by atoms with van der Waals surface area (Å²) in [6.07, 6.45) is 7.40. The van der Waals surface area contributed by atoms with E-state index in [-0.39, 0.29) is 18.5 Å². The molecule has 0 spiro atoms. The van der Waals surface area contributed by atoms with Gasteiger partial charge in [0.2, 0.25) is 0 Å². The molecule has 1 N–H and O–H groups in total. The maximum Gasteiger partial charge on any atom is 0.257 e. The van der Waals surface area contributed by atoms with Crippen molar-refractivity contribution in [2.24, 2.45) is 0 Å². The first-order valence-electron chi connectivity index (χ1n) is 8.89. The third-order valence-electron chi connectivity index (χ3n) is 4.61. The molecule has 8 heteroatoms. The lowest BCUT2D eigenvalue weighted by Gasteiger charge is -2.37. The molecule has 3 rings (SSSR count). The fourth-order valence-corrected chi connectivity index (χ4v) is 3.17. The van der Waals surface area contributed by atoms with E-state index in [9.17, 15) is 9.90 Å². The average molecular weight is 346 g/mol. The Morgan fingerprint density at radius 2 is 2.20 bits per heavy atom. The molecule has 0 aromatic carbocycles. The summed E-state index contributed by atoms with van der Waals surface area (Å²) < 4.78 is 3.50. The first-order chi connectivity index (χ1) is 11.9. The molecule has 3 heterocycles. The van der Waals surface area contributed by atoms with Crippen LogP contribution in [0.3, 0.4) is 0 Å². The van der Waals surface area contributed by atoms with Crippen LogP contribution in [0.15, 0.2) is 18.6 Å². The summed E-state index contributed by atoms with van der Waals surface area (Å²) in [6, 6.07) is 0.176. The predicted molar refractivity (Wildman–Crippen MR) is 92.0 cm³/mol. The summed E-state index contributed by atoms with van der Waals surface area (Å²) in [4.78, 5) is 14.5. The van der Waals surface area contributed by atoms with Gasteiger partial charge in [0.25, 0.3) is 5.91 Å². The largest absolute Gasteiger partial charge is 0.382 e. The van der Waals surface area contributed by atoms with Crippen LogP contribution in [0.2, 0.25) is 0 Å². The van der Waals surface area contributed by atoms with Gasteiger partial charge in [-0.1, -0.05) is 12.1 Å². The standard InChI is InChI=1S/C17H26N6O2/c1-4-7-22-10-14(9-18-22)16(24)21-8-5-6-17(25,12-21)15-11-23(13(2)3)20-19-15/h9-11,13,25H,4-8,12H2,1-3H3. The van der Waals surface area contributed by atoms with Crippen LogP contribution in [0.25, 0.3) is 0 Å². The lowest BCUT2D eigenvalue weighted by molar-refractivity contribution is -0.0320. The monoisotopic (exact) mass is 346 g/mol. The number of rotatable bonds is 5. The van der Waals surface area contributed by atoms with E-state index in [4.69, 9.17) is 0 Å². The SMILES string of the molecule is CCCn1cc(C(=O)N2CCCC(O)(c3cn(C(C)C)nn3)C2)cn1. The normalized spacial score (nSPS) is 21.1. The van der Waals surface area contributed by atoms with Crippen molar-refractivity contribution >= 4 is 5.91 Å². The number of nitrogens with zero attached hydrogens (tertiary/aromatic N) is 6. The molecule has 0 saturated carbocycles. The van der Waals surface area contributed by atoms with Crippen molar-refractivity contribution in [2.75, 3.05) is 13.1 Å². The van der Waals surface area contributed by atoms with E-state index in [0.717, 1.165) is 19.4 Å². The minimum Gasteiger partial charge on any atom is -0.382 e. The second kappa shape index (κ2) is 6.95. The van der Waals surface area contributed by atoms with Gasteiger partial charge in [0.15, 0.2) is 0 Å². The molecule has 136 valence electrons. The van der Waals surface area contributed by atoms with Crippen LogP contribution in [0.4, 0.5) is 0 Å². The molecular formula is C17H26N6O2. The van der Waals surface area contributed by atoms with Crippen molar-refractivity contribution < 1.29 is 9.90 Å². The Morgan fingerprint density at radius 1 is 1.40 bits per heavy atom. The Bertz CT molecular complexity index is 737. The maximum atomic E-state index is 12.8. The average Bonchev–Trinajstić information content (AvgIpc) is 3.24. The first-order valence-corrected chi connectivity index (χ1v) is 8.89. The number of hydrogen-bond acceptors (Lipinski definition) is 5. The summed E-state index contributed by atoms with van der Waals surface area (Å²) in [6.45, 7) is 7.72. The van der Waals surface area contributed by atoms with Gasteiger partial charge in [0.1, 0.15) is 11.3 Å². The molecule has 1 unspecified atom stereocenters. The number of aromatic nitrogens is 5. The van der Waals surface area contributed by atoms with Gasteiger partial charge in [-0.2, -0.15) is 5.10 Å². The molecular weight excluding hydrogens is 320 g/mol. The van der Waals surface area contributed by atoms with Gasteiger partial charge in [-0.25, -0.2) is 4.68 Å². The van der Waals surface area contributed by atoms with E-state index >= 15 is 0 Å². The highest BCUT2D eigenvalue weighted by Crippen LogP contribution is 2.31. The molecule has 0 radical (unpaired) electrons. The Hall–Kier alpha value is -2.22. The van der Waals surface area contributed by atoms with Crippen molar-refractivity contribution in [3.8, 4) is 0 Å². The first kappa shape index (κ1) is 17.6. The van der Waals surface area contributed by atoms with Crippen LogP contribution in [0.1, 0.15) is 62.1 Å². The number of carbonyl (C=O) groups excluding carboxylic acids is 1. The van der Waals surface area contributed by atoms with Crippen molar-refractivity contribution in [3.63, 3.8) is 0 Å². The van der Waals surface area contributed by atoms with Gasteiger partial charge >= 0.3 is 0 Å². The molecule has 1 aliphatic heterocycles. The molecule has 0 bridgehead atoms. The zero-order chi connectivity index (χ0) is 18.0. The van der Waals surface area contributed by atoms with Crippen molar-refractivity contribution in [1.29, 1.82) is 0 Å². The number of carbonyl (C=O) groups is 1. The topological polar surface area (TPSA) is 89.1 Å². The smallest absolute Gasteiger partial charge is 0.257 e. The highest BCUT2D eigenvalue weighted by molar-refractivity contribution is 5.93. The number of piperidine rings is 1. The number of likely N-dealkylation sites (tertiary alicyclic amines) is 1. The third-order valence-corrected chi connectivity index (χ3v) is 4.61. The highest BCUT2D eigenvalue weighted by Gasteiger charge is 2.39. The van der Waals surface area contributed by atoms with Crippen LogP contribution in [-0.4, -0.2) is 53.8 Å². The Labute approximate surface area is 147 Å². The van der Waals surface area contributed by atoms with Gasteiger partial charge in [0.05, 0.1) is 24.5 Å². The van der Waals surface area contributed by atoms with Gasteiger partial charge in [0, 0.05) is 25.3 Å². The number of hydrogen-bond donors (Lipinski definition) is 1. The van der Waals surface area contributed by atoms with E-state index < -0.39 is 5.60 Å².